The molecule has 23 heavy (non-hydrogen) atoms. The highest BCUT2D eigenvalue weighted by atomic mass is 16.6. The van der Waals surface area contributed by atoms with E-state index in [9.17, 15) is 14.9 Å². The zero-order chi connectivity index (χ0) is 16.4. The first kappa shape index (κ1) is 15.7. The van der Waals surface area contributed by atoms with Gasteiger partial charge in [0, 0.05) is 30.3 Å². The highest BCUT2D eigenvalue weighted by Crippen LogP contribution is 2.29. The first-order valence-electron chi connectivity index (χ1n) is 7.97. The van der Waals surface area contributed by atoms with Gasteiger partial charge in [-0.1, -0.05) is 6.42 Å². The summed E-state index contributed by atoms with van der Waals surface area (Å²) < 4.78 is 4.97. The molecule has 0 spiro atoms. The van der Waals surface area contributed by atoms with Crippen molar-refractivity contribution in [3.05, 3.63) is 33.9 Å². The average Bonchev–Trinajstić information content (AvgIpc) is 2.97. The maximum atomic E-state index is 12.5. The normalized spacial score (nSPS) is 24.0. The Morgan fingerprint density at radius 1 is 1.35 bits per heavy atom. The van der Waals surface area contributed by atoms with Crippen LogP contribution >= 0.6 is 0 Å². The van der Waals surface area contributed by atoms with Gasteiger partial charge in [0.15, 0.2) is 5.75 Å². The topological polar surface area (TPSA) is 84.7 Å². The number of nitrogens with one attached hydrogen (secondary N) is 1. The monoisotopic (exact) mass is 319 g/mol. The third-order valence-corrected chi connectivity index (χ3v) is 4.81. The van der Waals surface area contributed by atoms with Gasteiger partial charge in [-0.3, -0.25) is 19.8 Å². The molecule has 2 fully saturated rings. The molecule has 0 aliphatic carbocycles. The third kappa shape index (κ3) is 3.14. The van der Waals surface area contributed by atoms with Crippen LogP contribution in [-0.4, -0.2) is 48.0 Å². The number of benzene rings is 1. The molecule has 3 rings (SSSR count). The van der Waals surface area contributed by atoms with Crippen LogP contribution in [0, 0.1) is 10.1 Å². The van der Waals surface area contributed by atoms with E-state index in [2.05, 4.69) is 10.2 Å². The van der Waals surface area contributed by atoms with Crippen molar-refractivity contribution >= 4 is 11.6 Å². The molecule has 0 unspecified atom stereocenters. The fraction of sp³-hybridized carbons (Fsp3) is 0.562. The Morgan fingerprint density at radius 3 is 2.91 bits per heavy atom. The van der Waals surface area contributed by atoms with E-state index in [0.29, 0.717) is 11.6 Å². The summed E-state index contributed by atoms with van der Waals surface area (Å²) in [7, 11) is 1.37. The lowest BCUT2D eigenvalue weighted by atomic mass is 9.98. The second-order valence-electron chi connectivity index (χ2n) is 6.11. The Hall–Kier alpha value is -2.15. The van der Waals surface area contributed by atoms with Crippen LogP contribution in [0.1, 0.15) is 36.0 Å². The van der Waals surface area contributed by atoms with Gasteiger partial charge >= 0.3 is 5.69 Å². The molecule has 0 saturated carbocycles. The number of hydrogen-bond acceptors (Lipinski definition) is 5. The van der Waals surface area contributed by atoms with Crippen LogP contribution in [0.25, 0.3) is 0 Å². The number of carbonyl (C=O) groups excluding carboxylic acids is 1. The fourth-order valence-electron chi connectivity index (χ4n) is 3.64. The smallest absolute Gasteiger partial charge is 0.311 e. The summed E-state index contributed by atoms with van der Waals surface area (Å²) in [4.78, 5) is 25.4. The van der Waals surface area contributed by atoms with Crippen LogP contribution < -0.4 is 10.1 Å². The summed E-state index contributed by atoms with van der Waals surface area (Å²) in [6.45, 7) is 2.11. The maximum absolute atomic E-state index is 12.5. The number of nitro groups is 1. The van der Waals surface area contributed by atoms with Crippen molar-refractivity contribution in [1.82, 2.24) is 10.2 Å². The number of piperidine rings is 1. The highest BCUT2D eigenvalue weighted by molar-refractivity contribution is 5.95. The van der Waals surface area contributed by atoms with Gasteiger partial charge in [0.05, 0.1) is 12.0 Å². The number of nitrogens with zero attached hydrogens (tertiary/aromatic N) is 2. The molecule has 2 aliphatic rings. The van der Waals surface area contributed by atoms with E-state index in [0.717, 1.165) is 25.9 Å². The van der Waals surface area contributed by atoms with E-state index in [1.54, 1.807) is 6.07 Å². The third-order valence-electron chi connectivity index (χ3n) is 4.81. The standard InChI is InChI=1S/C16H21N3O4/c1-23-15-6-5-11(10-14(15)19(21)22)16(20)17-12-7-9-18-8-3-2-4-13(12)18/h5-6,10,12-13H,2-4,7-9H2,1H3,(H,17,20)/t12-,13+/m0/s1. The molecule has 1 N–H and O–H groups in total. The van der Waals surface area contributed by atoms with Gasteiger partial charge in [-0.25, -0.2) is 0 Å². The molecular formula is C16H21N3O4. The Balaban J connectivity index is 1.73. The van der Waals surface area contributed by atoms with Gasteiger partial charge in [0.25, 0.3) is 5.91 Å². The van der Waals surface area contributed by atoms with Gasteiger partial charge in [-0.2, -0.15) is 0 Å². The maximum Gasteiger partial charge on any atom is 0.311 e. The second kappa shape index (κ2) is 6.54. The van der Waals surface area contributed by atoms with Crippen molar-refractivity contribution in [2.75, 3.05) is 20.2 Å². The largest absolute Gasteiger partial charge is 0.490 e. The predicted molar refractivity (Wildman–Crippen MR) is 84.7 cm³/mol. The van der Waals surface area contributed by atoms with Crippen molar-refractivity contribution in [2.45, 2.75) is 37.8 Å². The van der Waals surface area contributed by atoms with Crippen molar-refractivity contribution < 1.29 is 14.5 Å². The van der Waals surface area contributed by atoms with E-state index in [4.69, 9.17) is 4.74 Å². The van der Waals surface area contributed by atoms with Crippen LogP contribution in [0.4, 0.5) is 5.69 Å². The molecule has 2 saturated heterocycles. The summed E-state index contributed by atoms with van der Waals surface area (Å²) in [6.07, 6.45) is 4.46. The lowest BCUT2D eigenvalue weighted by molar-refractivity contribution is -0.385. The lowest BCUT2D eigenvalue weighted by Crippen LogP contribution is -2.46. The first-order valence-corrected chi connectivity index (χ1v) is 7.97. The average molecular weight is 319 g/mol. The fourth-order valence-corrected chi connectivity index (χ4v) is 3.64. The molecule has 2 aliphatic heterocycles. The van der Waals surface area contributed by atoms with Gasteiger partial charge < -0.3 is 10.1 Å². The molecule has 0 aromatic heterocycles. The van der Waals surface area contributed by atoms with Gasteiger partial charge in [0.2, 0.25) is 0 Å². The summed E-state index contributed by atoms with van der Waals surface area (Å²) in [5.41, 5.74) is 0.109. The quantitative estimate of drug-likeness (QED) is 0.677. The van der Waals surface area contributed by atoms with Gasteiger partial charge in [-0.05, 0) is 37.9 Å². The Bertz CT molecular complexity index is 619. The van der Waals surface area contributed by atoms with Crippen LogP contribution in [0.3, 0.4) is 0 Å². The van der Waals surface area contributed by atoms with Crippen LogP contribution in [0.15, 0.2) is 18.2 Å². The minimum atomic E-state index is -0.534. The first-order chi connectivity index (χ1) is 11.1. The molecule has 1 aromatic carbocycles. The van der Waals surface area contributed by atoms with Crippen LogP contribution in [0.5, 0.6) is 5.75 Å². The zero-order valence-electron chi connectivity index (χ0n) is 13.2. The number of hydrogen-bond donors (Lipinski definition) is 1. The molecule has 1 aromatic rings. The number of ether oxygens (including phenoxy) is 1. The lowest BCUT2D eigenvalue weighted by Gasteiger charge is -2.32. The van der Waals surface area contributed by atoms with E-state index >= 15 is 0 Å². The summed E-state index contributed by atoms with van der Waals surface area (Å²) in [5, 5.41) is 14.1. The van der Waals surface area contributed by atoms with Crippen molar-refractivity contribution in [1.29, 1.82) is 0 Å². The summed E-state index contributed by atoms with van der Waals surface area (Å²) in [5.74, 6) is -0.0981. The molecule has 7 heteroatoms. The predicted octanol–water partition coefficient (Wildman–Crippen LogP) is 1.96. The molecule has 2 atom stereocenters. The highest BCUT2D eigenvalue weighted by Gasteiger charge is 2.36. The molecular weight excluding hydrogens is 298 g/mol. The van der Waals surface area contributed by atoms with Gasteiger partial charge in [-0.15, -0.1) is 0 Å². The van der Waals surface area contributed by atoms with Crippen molar-refractivity contribution in [3.8, 4) is 5.75 Å². The molecule has 0 radical (unpaired) electrons. The number of rotatable bonds is 4. The molecule has 2 heterocycles. The summed E-state index contributed by atoms with van der Waals surface area (Å²) in [6, 6.07) is 4.84. The van der Waals surface area contributed by atoms with E-state index in [1.807, 2.05) is 0 Å². The molecule has 0 bridgehead atoms. The van der Waals surface area contributed by atoms with E-state index in [-0.39, 0.29) is 23.4 Å². The van der Waals surface area contributed by atoms with Crippen LogP contribution in [-0.2, 0) is 0 Å². The number of carbonyl (C=O) groups is 1. The molecule has 1 amide bonds. The number of fused-ring (bicyclic) bond motifs is 1. The zero-order valence-corrected chi connectivity index (χ0v) is 13.2. The molecule has 7 nitrogen and oxygen atoms in total. The number of methoxy groups -OCH3 is 1. The number of nitro benzene ring substituents is 1. The summed E-state index contributed by atoms with van der Waals surface area (Å²) >= 11 is 0. The minimum absolute atomic E-state index is 0.129. The minimum Gasteiger partial charge on any atom is -0.490 e. The second-order valence-corrected chi connectivity index (χ2v) is 6.11. The van der Waals surface area contributed by atoms with Gasteiger partial charge in [0.1, 0.15) is 0 Å². The molecule has 124 valence electrons. The van der Waals surface area contributed by atoms with E-state index < -0.39 is 4.92 Å². The number of amides is 1. The SMILES string of the molecule is COc1ccc(C(=O)N[C@H]2CCN3CCCC[C@H]23)cc1[N+](=O)[O-]. The Kier molecular flexibility index (Phi) is 4.47. The van der Waals surface area contributed by atoms with E-state index in [1.165, 1.54) is 32.1 Å². The Labute approximate surface area is 134 Å². The van der Waals surface area contributed by atoms with Crippen LogP contribution in [0.2, 0.25) is 0 Å². The Morgan fingerprint density at radius 2 is 2.17 bits per heavy atom. The van der Waals surface area contributed by atoms with Crippen molar-refractivity contribution in [3.63, 3.8) is 0 Å². The van der Waals surface area contributed by atoms with Crippen molar-refractivity contribution in [2.24, 2.45) is 0 Å².